The van der Waals surface area contributed by atoms with Gasteiger partial charge in [-0.25, -0.2) is 4.39 Å². The molecule has 22 heavy (non-hydrogen) atoms. The van der Waals surface area contributed by atoms with E-state index in [4.69, 9.17) is 0 Å². The van der Waals surface area contributed by atoms with E-state index in [1.54, 1.807) is 0 Å². The molecule has 122 valence electrons. The molecule has 5 heteroatoms. The van der Waals surface area contributed by atoms with Crippen LogP contribution in [0.3, 0.4) is 0 Å². The zero-order valence-electron chi connectivity index (χ0n) is 13.2. The molecule has 0 spiro atoms. The van der Waals surface area contributed by atoms with Crippen molar-refractivity contribution < 1.29 is 9.18 Å². The van der Waals surface area contributed by atoms with Gasteiger partial charge in [-0.1, -0.05) is 12.1 Å². The first kappa shape index (κ1) is 17.3. The molecule has 1 heterocycles. The number of piperidine rings is 1. The summed E-state index contributed by atoms with van der Waals surface area (Å²) in [6.45, 7) is 2.73. The first-order valence-electron chi connectivity index (χ1n) is 7.93. The van der Waals surface area contributed by atoms with E-state index in [9.17, 15) is 9.18 Å². The van der Waals surface area contributed by atoms with Crippen LogP contribution in [0.25, 0.3) is 0 Å². The fourth-order valence-electron chi connectivity index (χ4n) is 2.68. The van der Waals surface area contributed by atoms with E-state index >= 15 is 0 Å². The van der Waals surface area contributed by atoms with Gasteiger partial charge in [0, 0.05) is 18.8 Å². The average Bonchev–Trinajstić information content (AvgIpc) is 2.52. The van der Waals surface area contributed by atoms with E-state index in [1.165, 1.54) is 12.1 Å². The number of hydrogen-bond acceptors (Lipinski definition) is 3. The summed E-state index contributed by atoms with van der Waals surface area (Å²) in [5.74, 6) is 2.06. The topological polar surface area (TPSA) is 32.3 Å². The molecule has 1 amide bonds. The Morgan fingerprint density at radius 3 is 2.91 bits per heavy atom. The van der Waals surface area contributed by atoms with Gasteiger partial charge in [0.25, 0.3) is 0 Å². The van der Waals surface area contributed by atoms with Gasteiger partial charge >= 0.3 is 0 Å². The molecule has 1 aliphatic heterocycles. The van der Waals surface area contributed by atoms with Gasteiger partial charge in [0.2, 0.25) is 5.91 Å². The Balaban J connectivity index is 1.53. The zero-order chi connectivity index (χ0) is 15.8. The van der Waals surface area contributed by atoms with Crippen LogP contribution in [0, 0.1) is 11.7 Å². The smallest absolute Gasteiger partial charge is 0.224 e. The number of halogens is 1. The monoisotopic (exact) mass is 324 g/mol. The quantitative estimate of drug-likeness (QED) is 0.783. The number of amides is 1. The van der Waals surface area contributed by atoms with Crippen molar-refractivity contribution in [2.45, 2.75) is 25.0 Å². The lowest BCUT2D eigenvalue weighted by molar-refractivity contribution is -0.126. The van der Waals surface area contributed by atoms with Crippen molar-refractivity contribution in [1.29, 1.82) is 0 Å². The molecule has 0 saturated carbocycles. The highest BCUT2D eigenvalue weighted by Crippen LogP contribution is 2.15. The Hall–Kier alpha value is -1.07. The van der Waals surface area contributed by atoms with Crippen LogP contribution in [0.5, 0.6) is 0 Å². The zero-order valence-corrected chi connectivity index (χ0v) is 14.0. The lowest BCUT2D eigenvalue weighted by atomic mass is 9.98. The van der Waals surface area contributed by atoms with Crippen molar-refractivity contribution in [1.82, 2.24) is 10.2 Å². The normalized spacial score (nSPS) is 19.1. The van der Waals surface area contributed by atoms with Crippen LogP contribution in [0.1, 0.15) is 24.8 Å². The number of carbonyl (C=O) groups excluding carboxylic acids is 1. The van der Waals surface area contributed by atoms with Crippen molar-refractivity contribution in [2.75, 3.05) is 32.4 Å². The van der Waals surface area contributed by atoms with Gasteiger partial charge in [-0.3, -0.25) is 4.79 Å². The molecule has 0 aromatic heterocycles. The number of benzene rings is 1. The Morgan fingerprint density at radius 1 is 1.41 bits per heavy atom. The van der Waals surface area contributed by atoms with E-state index < -0.39 is 0 Å². The van der Waals surface area contributed by atoms with Gasteiger partial charge in [-0.05, 0) is 56.3 Å². The van der Waals surface area contributed by atoms with Crippen molar-refractivity contribution in [3.63, 3.8) is 0 Å². The molecule has 1 fully saturated rings. The molecule has 0 unspecified atom stereocenters. The second-order valence-corrected chi connectivity index (χ2v) is 7.03. The number of likely N-dealkylation sites (tertiary alicyclic amines) is 1. The molecule has 3 nitrogen and oxygen atoms in total. The van der Waals surface area contributed by atoms with Crippen LogP contribution in [-0.2, 0) is 10.5 Å². The molecule has 1 atom stereocenters. The highest BCUT2D eigenvalue weighted by Gasteiger charge is 2.23. The number of rotatable bonds is 7. The molecule has 1 aromatic carbocycles. The number of hydrogen-bond donors (Lipinski definition) is 1. The number of nitrogens with one attached hydrogen (secondary N) is 1. The van der Waals surface area contributed by atoms with Crippen molar-refractivity contribution in [3.8, 4) is 0 Å². The molecular weight excluding hydrogens is 299 g/mol. The van der Waals surface area contributed by atoms with Crippen molar-refractivity contribution in [2.24, 2.45) is 5.92 Å². The van der Waals surface area contributed by atoms with Crippen LogP contribution in [0.15, 0.2) is 24.3 Å². The largest absolute Gasteiger partial charge is 0.356 e. The summed E-state index contributed by atoms with van der Waals surface area (Å²) in [4.78, 5) is 14.3. The van der Waals surface area contributed by atoms with E-state index in [0.29, 0.717) is 0 Å². The Bertz CT molecular complexity index is 466. The fourth-order valence-corrected chi connectivity index (χ4v) is 3.60. The maximum Gasteiger partial charge on any atom is 0.224 e. The van der Waals surface area contributed by atoms with Gasteiger partial charge in [-0.2, -0.15) is 11.8 Å². The van der Waals surface area contributed by atoms with E-state index in [0.717, 1.165) is 56.0 Å². The second-order valence-electron chi connectivity index (χ2n) is 5.93. The summed E-state index contributed by atoms with van der Waals surface area (Å²) < 4.78 is 12.8. The van der Waals surface area contributed by atoms with E-state index in [1.807, 2.05) is 23.9 Å². The molecule has 0 radical (unpaired) electrons. The van der Waals surface area contributed by atoms with Gasteiger partial charge in [-0.15, -0.1) is 0 Å². The maximum absolute atomic E-state index is 12.8. The third-order valence-electron chi connectivity index (χ3n) is 3.94. The van der Waals surface area contributed by atoms with Crippen LogP contribution < -0.4 is 5.32 Å². The second kappa shape index (κ2) is 9.16. The van der Waals surface area contributed by atoms with Crippen molar-refractivity contribution >= 4 is 17.7 Å². The van der Waals surface area contributed by atoms with Gasteiger partial charge in [0.05, 0.1) is 5.92 Å². The van der Waals surface area contributed by atoms with E-state index in [-0.39, 0.29) is 17.6 Å². The fraction of sp³-hybridized carbons (Fsp3) is 0.588. The number of nitrogens with zero attached hydrogens (tertiary/aromatic N) is 1. The van der Waals surface area contributed by atoms with Gasteiger partial charge in [0.1, 0.15) is 5.82 Å². The summed E-state index contributed by atoms with van der Waals surface area (Å²) in [6.07, 6.45) is 3.09. The predicted molar refractivity (Wildman–Crippen MR) is 90.4 cm³/mol. The molecule has 1 aromatic rings. The molecule has 2 rings (SSSR count). The summed E-state index contributed by atoms with van der Waals surface area (Å²) in [7, 11) is 2.07. The molecule has 1 saturated heterocycles. The molecule has 1 N–H and O–H groups in total. The SMILES string of the molecule is CN1CCC[C@@H](C(=O)NCCCSCc2ccc(F)cc2)C1. The highest BCUT2D eigenvalue weighted by atomic mass is 32.2. The van der Waals surface area contributed by atoms with Crippen LogP contribution in [0.4, 0.5) is 4.39 Å². The molecule has 0 bridgehead atoms. The minimum absolute atomic E-state index is 0.158. The predicted octanol–water partition coefficient (Wildman–Crippen LogP) is 2.91. The first-order valence-corrected chi connectivity index (χ1v) is 9.09. The molecular formula is C17H25FN2OS. The average molecular weight is 324 g/mol. The Labute approximate surface area is 136 Å². The highest BCUT2D eigenvalue weighted by molar-refractivity contribution is 7.98. The minimum atomic E-state index is -0.190. The third kappa shape index (κ3) is 5.97. The molecule has 1 aliphatic rings. The third-order valence-corrected chi connectivity index (χ3v) is 5.06. The van der Waals surface area contributed by atoms with Crippen LogP contribution >= 0.6 is 11.8 Å². The number of thioether (sulfide) groups is 1. The van der Waals surface area contributed by atoms with E-state index in [2.05, 4.69) is 17.3 Å². The van der Waals surface area contributed by atoms with Crippen molar-refractivity contribution in [3.05, 3.63) is 35.6 Å². The Kier molecular flexibility index (Phi) is 7.19. The van der Waals surface area contributed by atoms with Gasteiger partial charge < -0.3 is 10.2 Å². The van der Waals surface area contributed by atoms with Gasteiger partial charge in [0.15, 0.2) is 0 Å². The maximum atomic E-state index is 12.8. The standard InChI is InChI=1S/C17H25FN2OS/c1-20-10-2-4-15(12-20)17(21)19-9-3-11-22-13-14-5-7-16(18)8-6-14/h5-8,15H,2-4,9-13H2,1H3,(H,19,21)/t15-/m1/s1. The summed E-state index contributed by atoms with van der Waals surface area (Å²) in [5, 5.41) is 3.05. The first-order chi connectivity index (χ1) is 10.6. The summed E-state index contributed by atoms with van der Waals surface area (Å²) in [5.41, 5.74) is 1.14. The lowest BCUT2D eigenvalue weighted by Crippen LogP contribution is -2.41. The van der Waals surface area contributed by atoms with Crippen LogP contribution in [-0.4, -0.2) is 43.2 Å². The lowest BCUT2D eigenvalue weighted by Gasteiger charge is -2.28. The minimum Gasteiger partial charge on any atom is -0.356 e. The summed E-state index contributed by atoms with van der Waals surface area (Å²) >= 11 is 1.82. The summed E-state index contributed by atoms with van der Waals surface area (Å²) in [6, 6.07) is 6.64. The molecule has 0 aliphatic carbocycles. The Morgan fingerprint density at radius 2 is 2.18 bits per heavy atom. The number of carbonyl (C=O) groups is 1. The van der Waals surface area contributed by atoms with Crippen LogP contribution in [0.2, 0.25) is 0 Å².